The SMILES string of the molecule is COc1ccc2c(c1)N(CCC/C=C\c1cccc3c1N[C@H](C)CC(=O)N3)CCC2. The van der Waals surface area contributed by atoms with E-state index in [1.54, 1.807) is 7.11 Å². The van der Waals surface area contributed by atoms with Gasteiger partial charge in [0, 0.05) is 37.3 Å². The highest BCUT2D eigenvalue weighted by Gasteiger charge is 2.19. The molecule has 0 aromatic heterocycles. The third kappa shape index (κ3) is 4.61. The van der Waals surface area contributed by atoms with Crippen molar-refractivity contribution in [2.75, 3.05) is 35.7 Å². The number of nitrogens with zero attached hydrogens (tertiary/aromatic N) is 1. The minimum Gasteiger partial charge on any atom is -0.497 e. The third-order valence-electron chi connectivity index (χ3n) is 5.86. The van der Waals surface area contributed by atoms with Gasteiger partial charge in [-0.15, -0.1) is 0 Å². The maximum atomic E-state index is 12.0. The van der Waals surface area contributed by atoms with Crippen LogP contribution < -0.4 is 20.3 Å². The Bertz CT molecular complexity index is 938. The number of rotatable bonds is 6. The fourth-order valence-corrected chi connectivity index (χ4v) is 4.35. The van der Waals surface area contributed by atoms with E-state index in [2.05, 4.69) is 52.0 Å². The zero-order valence-corrected chi connectivity index (χ0v) is 17.9. The topological polar surface area (TPSA) is 53.6 Å². The lowest BCUT2D eigenvalue weighted by Crippen LogP contribution is -2.30. The largest absolute Gasteiger partial charge is 0.497 e. The predicted molar refractivity (Wildman–Crippen MR) is 125 cm³/mol. The van der Waals surface area contributed by atoms with Crippen LogP contribution in [0.4, 0.5) is 17.1 Å². The fourth-order valence-electron chi connectivity index (χ4n) is 4.35. The van der Waals surface area contributed by atoms with Crippen molar-refractivity contribution in [1.82, 2.24) is 0 Å². The lowest BCUT2D eigenvalue weighted by Gasteiger charge is -2.31. The number of aryl methyl sites for hydroxylation is 1. The molecule has 0 spiro atoms. The van der Waals surface area contributed by atoms with Gasteiger partial charge in [0.25, 0.3) is 0 Å². The lowest BCUT2D eigenvalue weighted by molar-refractivity contribution is -0.116. The van der Waals surface area contributed by atoms with E-state index in [0.29, 0.717) is 6.42 Å². The Kier molecular flexibility index (Phi) is 6.26. The van der Waals surface area contributed by atoms with Gasteiger partial charge in [-0.2, -0.15) is 0 Å². The molecule has 0 saturated carbocycles. The van der Waals surface area contributed by atoms with Crippen LogP contribution in [-0.2, 0) is 11.2 Å². The van der Waals surface area contributed by atoms with Crippen LogP contribution in [-0.4, -0.2) is 32.1 Å². The summed E-state index contributed by atoms with van der Waals surface area (Å²) >= 11 is 0. The summed E-state index contributed by atoms with van der Waals surface area (Å²) in [4.78, 5) is 14.5. The minimum absolute atomic E-state index is 0.0633. The first-order chi connectivity index (χ1) is 14.6. The summed E-state index contributed by atoms with van der Waals surface area (Å²) in [7, 11) is 1.73. The molecule has 5 nitrogen and oxygen atoms in total. The Morgan fingerprint density at radius 2 is 2.17 bits per heavy atom. The molecule has 0 unspecified atom stereocenters. The van der Waals surface area contributed by atoms with Gasteiger partial charge in [-0.05, 0) is 55.9 Å². The molecule has 158 valence electrons. The van der Waals surface area contributed by atoms with Gasteiger partial charge in [0.1, 0.15) is 5.75 Å². The molecule has 2 heterocycles. The number of carbonyl (C=O) groups excluding carboxylic acids is 1. The number of benzene rings is 2. The zero-order valence-electron chi connectivity index (χ0n) is 17.9. The molecule has 1 amide bonds. The zero-order chi connectivity index (χ0) is 20.9. The van der Waals surface area contributed by atoms with Crippen molar-refractivity contribution in [1.29, 1.82) is 0 Å². The van der Waals surface area contributed by atoms with Crippen molar-refractivity contribution < 1.29 is 9.53 Å². The van der Waals surface area contributed by atoms with E-state index in [0.717, 1.165) is 55.0 Å². The summed E-state index contributed by atoms with van der Waals surface area (Å²) in [6.07, 6.45) is 9.37. The molecular formula is C25H31N3O2. The first kappa shape index (κ1) is 20.3. The van der Waals surface area contributed by atoms with E-state index in [1.807, 2.05) is 19.1 Å². The second kappa shape index (κ2) is 9.24. The van der Waals surface area contributed by atoms with E-state index in [4.69, 9.17) is 4.74 Å². The smallest absolute Gasteiger partial charge is 0.226 e. The van der Waals surface area contributed by atoms with Crippen LogP contribution in [0.5, 0.6) is 5.75 Å². The number of methoxy groups -OCH3 is 1. The molecule has 1 atom stereocenters. The number of para-hydroxylation sites is 1. The van der Waals surface area contributed by atoms with E-state index < -0.39 is 0 Å². The van der Waals surface area contributed by atoms with Crippen molar-refractivity contribution >= 4 is 29.0 Å². The number of carbonyl (C=O) groups is 1. The summed E-state index contributed by atoms with van der Waals surface area (Å²) in [6.45, 7) is 4.20. The monoisotopic (exact) mass is 405 g/mol. The number of unbranched alkanes of at least 4 members (excludes halogenated alkanes) is 1. The molecule has 0 radical (unpaired) electrons. The van der Waals surface area contributed by atoms with Crippen LogP contribution in [0, 0.1) is 0 Å². The fraction of sp³-hybridized carbons (Fsp3) is 0.400. The highest BCUT2D eigenvalue weighted by atomic mass is 16.5. The number of anilines is 3. The Morgan fingerprint density at radius 1 is 1.27 bits per heavy atom. The second-order valence-electron chi connectivity index (χ2n) is 8.20. The number of allylic oxidation sites excluding steroid dienone is 1. The van der Waals surface area contributed by atoms with Gasteiger partial charge in [-0.1, -0.05) is 30.4 Å². The summed E-state index contributed by atoms with van der Waals surface area (Å²) < 4.78 is 5.42. The quantitative estimate of drug-likeness (QED) is 0.658. The summed E-state index contributed by atoms with van der Waals surface area (Å²) in [5, 5.41) is 6.49. The first-order valence-corrected chi connectivity index (χ1v) is 10.9. The normalized spacial score (nSPS) is 18.3. The molecule has 2 N–H and O–H groups in total. The Morgan fingerprint density at radius 3 is 3.03 bits per heavy atom. The maximum absolute atomic E-state index is 12.0. The van der Waals surface area contributed by atoms with Gasteiger partial charge in [0.2, 0.25) is 5.91 Å². The Labute approximate surface area is 179 Å². The van der Waals surface area contributed by atoms with Gasteiger partial charge in [0.15, 0.2) is 0 Å². The molecule has 2 aromatic carbocycles. The number of nitrogens with one attached hydrogen (secondary N) is 2. The van der Waals surface area contributed by atoms with Gasteiger partial charge in [0.05, 0.1) is 18.5 Å². The molecule has 2 aliphatic rings. The number of ether oxygens (including phenoxy) is 1. The van der Waals surface area contributed by atoms with E-state index in [1.165, 1.54) is 17.7 Å². The first-order valence-electron chi connectivity index (χ1n) is 10.9. The van der Waals surface area contributed by atoms with Crippen molar-refractivity contribution in [2.24, 2.45) is 0 Å². The van der Waals surface area contributed by atoms with Crippen LogP contribution in [0.3, 0.4) is 0 Å². The molecule has 2 aromatic rings. The van der Waals surface area contributed by atoms with Crippen LogP contribution in [0.2, 0.25) is 0 Å². The summed E-state index contributed by atoms with van der Waals surface area (Å²) in [6, 6.07) is 12.6. The van der Waals surface area contributed by atoms with Crippen molar-refractivity contribution in [3.63, 3.8) is 0 Å². The summed E-state index contributed by atoms with van der Waals surface area (Å²) in [5.74, 6) is 0.993. The average molecular weight is 406 g/mol. The van der Waals surface area contributed by atoms with Gasteiger partial charge >= 0.3 is 0 Å². The number of hydrogen-bond donors (Lipinski definition) is 2. The maximum Gasteiger partial charge on any atom is 0.226 e. The minimum atomic E-state index is 0.0633. The highest BCUT2D eigenvalue weighted by Crippen LogP contribution is 2.32. The van der Waals surface area contributed by atoms with Crippen LogP contribution in [0.1, 0.15) is 43.7 Å². The van der Waals surface area contributed by atoms with Gasteiger partial charge in [-0.25, -0.2) is 0 Å². The van der Waals surface area contributed by atoms with Gasteiger partial charge in [-0.3, -0.25) is 4.79 Å². The van der Waals surface area contributed by atoms with Crippen LogP contribution in [0.15, 0.2) is 42.5 Å². The molecule has 0 saturated heterocycles. The summed E-state index contributed by atoms with van der Waals surface area (Å²) in [5.41, 5.74) is 5.75. The molecular weight excluding hydrogens is 374 g/mol. The second-order valence-corrected chi connectivity index (χ2v) is 8.20. The van der Waals surface area contributed by atoms with Crippen LogP contribution in [0.25, 0.3) is 6.08 Å². The Hall–Kier alpha value is -2.95. The van der Waals surface area contributed by atoms with E-state index in [9.17, 15) is 4.79 Å². The molecule has 4 rings (SSSR count). The number of hydrogen-bond acceptors (Lipinski definition) is 4. The van der Waals surface area contributed by atoms with Crippen molar-refractivity contribution in [3.05, 3.63) is 53.6 Å². The number of amides is 1. The van der Waals surface area contributed by atoms with E-state index >= 15 is 0 Å². The highest BCUT2D eigenvalue weighted by molar-refractivity contribution is 5.98. The van der Waals surface area contributed by atoms with Crippen LogP contribution >= 0.6 is 0 Å². The molecule has 30 heavy (non-hydrogen) atoms. The molecule has 5 heteroatoms. The lowest BCUT2D eigenvalue weighted by atomic mass is 10.0. The van der Waals surface area contributed by atoms with Crippen molar-refractivity contribution in [3.8, 4) is 5.75 Å². The van der Waals surface area contributed by atoms with E-state index in [-0.39, 0.29) is 11.9 Å². The molecule has 2 aliphatic heterocycles. The number of fused-ring (bicyclic) bond motifs is 2. The van der Waals surface area contributed by atoms with Gasteiger partial charge < -0.3 is 20.3 Å². The third-order valence-corrected chi connectivity index (χ3v) is 5.86. The molecule has 0 aliphatic carbocycles. The molecule has 0 fully saturated rings. The van der Waals surface area contributed by atoms with Crippen molar-refractivity contribution in [2.45, 2.75) is 45.1 Å². The molecule has 0 bridgehead atoms. The standard InChI is InChI=1S/C25H31N3O2/c1-18-16-24(29)27-22-11-6-9-20(25(22)26-18)8-4-3-5-14-28-15-7-10-19-12-13-21(30-2)17-23(19)28/h4,6,8-9,11-13,17-18,26H,3,5,7,10,14-16H2,1-2H3,(H,27,29)/b8-4-/t18-/m1/s1. The average Bonchev–Trinajstić information content (AvgIpc) is 2.90. The Balaban J connectivity index is 1.37. The predicted octanol–water partition coefficient (Wildman–Crippen LogP) is 5.08.